The van der Waals surface area contributed by atoms with Crippen molar-refractivity contribution in [1.82, 2.24) is 21.3 Å². The van der Waals surface area contributed by atoms with Gasteiger partial charge in [-0.15, -0.1) is 0 Å². The molecule has 4 unspecified atom stereocenters. The topological polar surface area (TPSA) is 194 Å². The largest absolute Gasteiger partial charge is 0.508 e. The summed E-state index contributed by atoms with van der Waals surface area (Å²) in [5, 5.41) is 39.0. The highest BCUT2D eigenvalue weighted by Crippen LogP contribution is 2.13. The summed E-state index contributed by atoms with van der Waals surface area (Å²) in [4.78, 5) is 62.3. The minimum Gasteiger partial charge on any atom is -0.508 e. The molecule has 0 aromatic heterocycles. The van der Waals surface area contributed by atoms with Gasteiger partial charge in [0.15, 0.2) is 0 Å². The second-order valence-electron chi connectivity index (χ2n) is 9.33. The lowest BCUT2D eigenvalue weighted by atomic mass is 10.0. The van der Waals surface area contributed by atoms with E-state index in [1.54, 1.807) is 30.3 Å². The molecular weight excluding hydrogens is 508 g/mol. The molecule has 0 bridgehead atoms. The Labute approximate surface area is 224 Å². The lowest BCUT2D eigenvalue weighted by Gasteiger charge is -2.25. The van der Waals surface area contributed by atoms with Crippen molar-refractivity contribution in [3.8, 4) is 5.75 Å². The van der Waals surface area contributed by atoms with Crippen molar-refractivity contribution in [2.45, 2.75) is 56.3 Å². The Hall–Kier alpha value is -4.45. The number of phenols is 1. The van der Waals surface area contributed by atoms with Crippen LogP contribution in [0.1, 0.15) is 30.4 Å². The maximum absolute atomic E-state index is 13.3. The molecule has 12 heteroatoms. The molecule has 39 heavy (non-hydrogen) atoms. The van der Waals surface area contributed by atoms with Gasteiger partial charge in [0, 0.05) is 12.8 Å². The van der Waals surface area contributed by atoms with Gasteiger partial charge in [-0.05, 0) is 42.6 Å². The molecule has 0 saturated carbocycles. The normalized spacial score (nSPS) is 16.9. The van der Waals surface area contributed by atoms with Crippen LogP contribution in [0, 0.1) is 0 Å². The third-order valence-electron chi connectivity index (χ3n) is 6.29. The number of hydrogen-bond acceptors (Lipinski definition) is 7. The van der Waals surface area contributed by atoms with Crippen molar-refractivity contribution < 1.29 is 39.3 Å². The third-order valence-corrected chi connectivity index (χ3v) is 6.29. The summed E-state index contributed by atoms with van der Waals surface area (Å²) in [6, 6.07) is 9.90. The molecule has 7 N–H and O–H groups in total. The summed E-state index contributed by atoms with van der Waals surface area (Å²) in [5.41, 5.74) is 1.21. The SMILES string of the molecule is O=C(O)CC(NC(=O)C1CCCN1)C(=O)NC(Cc1ccc(O)cc1)C(=O)NC(Cc1ccccc1)C(=O)O. The van der Waals surface area contributed by atoms with Crippen molar-refractivity contribution in [2.24, 2.45) is 0 Å². The highest BCUT2D eigenvalue weighted by atomic mass is 16.4. The first-order valence-corrected chi connectivity index (χ1v) is 12.5. The fourth-order valence-corrected chi connectivity index (χ4v) is 4.24. The molecule has 0 spiro atoms. The number of hydrogen-bond donors (Lipinski definition) is 7. The molecule has 1 aliphatic rings. The summed E-state index contributed by atoms with van der Waals surface area (Å²) >= 11 is 0. The second-order valence-corrected chi connectivity index (χ2v) is 9.33. The van der Waals surface area contributed by atoms with E-state index in [4.69, 9.17) is 0 Å². The van der Waals surface area contributed by atoms with Crippen molar-refractivity contribution in [1.29, 1.82) is 0 Å². The fourth-order valence-electron chi connectivity index (χ4n) is 4.24. The Bertz CT molecular complexity index is 1170. The maximum Gasteiger partial charge on any atom is 0.326 e. The number of nitrogens with one attached hydrogen (secondary N) is 4. The first kappa shape index (κ1) is 29.1. The average Bonchev–Trinajstić information content (AvgIpc) is 3.44. The number of phenolic OH excluding ortho intramolecular Hbond substituents is 1. The lowest BCUT2D eigenvalue weighted by Crippen LogP contribution is -2.58. The number of aromatic hydroxyl groups is 1. The first-order valence-electron chi connectivity index (χ1n) is 12.5. The molecule has 2 aromatic carbocycles. The van der Waals surface area contributed by atoms with E-state index in [0.717, 1.165) is 6.42 Å². The molecular formula is C27H32N4O8. The van der Waals surface area contributed by atoms with E-state index in [2.05, 4.69) is 21.3 Å². The van der Waals surface area contributed by atoms with Gasteiger partial charge >= 0.3 is 11.9 Å². The Morgan fingerprint density at radius 1 is 0.795 bits per heavy atom. The van der Waals surface area contributed by atoms with Crippen LogP contribution < -0.4 is 21.3 Å². The van der Waals surface area contributed by atoms with Crippen molar-refractivity contribution >= 4 is 29.7 Å². The number of carbonyl (C=O) groups excluding carboxylic acids is 3. The third kappa shape index (κ3) is 9.11. The smallest absolute Gasteiger partial charge is 0.326 e. The van der Waals surface area contributed by atoms with E-state index in [1.165, 1.54) is 24.3 Å². The Morgan fingerprint density at radius 2 is 1.38 bits per heavy atom. The predicted octanol–water partition coefficient (Wildman–Crippen LogP) is -0.0569. The standard InChI is InChI=1S/C27H32N4O8/c32-18-10-8-17(9-11-18)13-20(25(36)31-22(27(38)39)14-16-5-2-1-3-6-16)29-26(37)21(15-23(33)34)30-24(35)19-7-4-12-28-19/h1-3,5-6,8-11,19-22,28,32H,4,7,12-15H2,(H,29,37)(H,30,35)(H,31,36)(H,33,34)(H,38,39). The van der Waals surface area contributed by atoms with E-state index in [1.807, 2.05) is 0 Å². The number of aliphatic carboxylic acids is 2. The molecule has 3 amide bonds. The molecule has 12 nitrogen and oxygen atoms in total. The number of benzene rings is 2. The maximum atomic E-state index is 13.3. The van der Waals surface area contributed by atoms with E-state index in [9.17, 15) is 39.3 Å². The van der Waals surface area contributed by atoms with Gasteiger partial charge in [-0.1, -0.05) is 42.5 Å². The zero-order chi connectivity index (χ0) is 28.4. The van der Waals surface area contributed by atoms with Crippen LogP contribution in [0.3, 0.4) is 0 Å². The summed E-state index contributed by atoms with van der Waals surface area (Å²) in [6.07, 6.45) is 0.485. The summed E-state index contributed by atoms with van der Waals surface area (Å²) in [6.45, 7) is 0.622. The number of carboxylic acids is 2. The number of rotatable bonds is 13. The molecule has 0 radical (unpaired) electrons. The van der Waals surface area contributed by atoms with Gasteiger partial charge in [0.2, 0.25) is 17.7 Å². The molecule has 4 atom stereocenters. The minimum atomic E-state index is -1.47. The van der Waals surface area contributed by atoms with Crippen LogP contribution in [0.2, 0.25) is 0 Å². The minimum absolute atomic E-state index is 0.00608. The molecule has 3 rings (SSSR count). The summed E-state index contributed by atoms with van der Waals surface area (Å²) in [7, 11) is 0. The van der Waals surface area contributed by atoms with Crippen LogP contribution in [0.15, 0.2) is 54.6 Å². The van der Waals surface area contributed by atoms with Crippen LogP contribution in [-0.4, -0.2) is 75.7 Å². The van der Waals surface area contributed by atoms with E-state index in [0.29, 0.717) is 24.1 Å². The van der Waals surface area contributed by atoms with E-state index in [-0.39, 0.29) is 18.6 Å². The highest BCUT2D eigenvalue weighted by Gasteiger charge is 2.32. The van der Waals surface area contributed by atoms with Gasteiger partial charge in [0.25, 0.3) is 0 Å². The van der Waals surface area contributed by atoms with Crippen molar-refractivity contribution in [3.05, 3.63) is 65.7 Å². The molecule has 1 aliphatic heterocycles. The molecule has 1 fully saturated rings. The summed E-state index contributed by atoms with van der Waals surface area (Å²) in [5.74, 6) is -4.86. The van der Waals surface area contributed by atoms with Gasteiger partial charge in [-0.3, -0.25) is 19.2 Å². The Balaban J connectivity index is 1.79. The molecule has 2 aromatic rings. The van der Waals surface area contributed by atoms with Crippen LogP contribution in [0.5, 0.6) is 5.75 Å². The monoisotopic (exact) mass is 540 g/mol. The van der Waals surface area contributed by atoms with Gasteiger partial charge in [0.1, 0.15) is 23.9 Å². The molecule has 0 aliphatic carbocycles. The zero-order valence-corrected chi connectivity index (χ0v) is 21.1. The Morgan fingerprint density at radius 3 is 1.97 bits per heavy atom. The van der Waals surface area contributed by atoms with E-state index < -0.39 is 60.2 Å². The van der Waals surface area contributed by atoms with Gasteiger partial charge in [-0.25, -0.2) is 4.79 Å². The Kier molecular flexibility index (Phi) is 10.4. The zero-order valence-electron chi connectivity index (χ0n) is 21.1. The molecule has 1 saturated heterocycles. The quantitative estimate of drug-likeness (QED) is 0.182. The first-order chi connectivity index (χ1) is 18.6. The van der Waals surface area contributed by atoms with Crippen molar-refractivity contribution in [2.75, 3.05) is 6.54 Å². The van der Waals surface area contributed by atoms with Gasteiger partial charge in [-0.2, -0.15) is 0 Å². The van der Waals surface area contributed by atoms with Crippen LogP contribution in [-0.2, 0) is 36.8 Å². The highest BCUT2D eigenvalue weighted by molar-refractivity contribution is 5.95. The van der Waals surface area contributed by atoms with Gasteiger partial charge < -0.3 is 36.6 Å². The predicted molar refractivity (Wildman–Crippen MR) is 139 cm³/mol. The average molecular weight is 541 g/mol. The lowest BCUT2D eigenvalue weighted by molar-refractivity contribution is -0.143. The second kappa shape index (κ2) is 13.9. The van der Waals surface area contributed by atoms with Crippen LogP contribution in [0.25, 0.3) is 0 Å². The van der Waals surface area contributed by atoms with Crippen molar-refractivity contribution in [3.63, 3.8) is 0 Å². The van der Waals surface area contributed by atoms with Gasteiger partial charge in [0.05, 0.1) is 12.5 Å². The van der Waals surface area contributed by atoms with E-state index >= 15 is 0 Å². The number of carboxylic acid groups (broad SMARTS) is 2. The molecule has 208 valence electrons. The van der Waals surface area contributed by atoms with Crippen LogP contribution in [0.4, 0.5) is 0 Å². The number of amides is 3. The molecule has 1 heterocycles. The fraction of sp³-hybridized carbons (Fsp3) is 0.370. The van der Waals surface area contributed by atoms with Crippen LogP contribution >= 0.6 is 0 Å². The number of carbonyl (C=O) groups is 5. The summed E-state index contributed by atoms with van der Waals surface area (Å²) < 4.78 is 0.